The number of carbonyl (C=O) groups excluding carboxylic acids is 1. The van der Waals surface area contributed by atoms with Crippen LogP contribution < -0.4 is 9.62 Å². The maximum Gasteiger partial charge on any atom is 0.251 e. The standard InChI is InChI=1S/C19H24N2O3S/c1-15(12-13-16-8-5-4-6-9-16)20-19(22)17-10-7-11-18(14-17)21(2)25(3,23)24/h4-11,14-15H,12-13H2,1-3H3,(H,20,22)/t15-/m0/s1. The molecule has 1 amide bonds. The molecule has 0 aromatic heterocycles. The van der Waals surface area contributed by atoms with Crippen LogP contribution in [0.2, 0.25) is 0 Å². The summed E-state index contributed by atoms with van der Waals surface area (Å²) in [6, 6.07) is 16.7. The number of nitrogens with zero attached hydrogens (tertiary/aromatic N) is 1. The van der Waals surface area contributed by atoms with Gasteiger partial charge in [0.1, 0.15) is 0 Å². The first-order chi connectivity index (χ1) is 11.8. The lowest BCUT2D eigenvalue weighted by Crippen LogP contribution is -2.33. The monoisotopic (exact) mass is 360 g/mol. The van der Waals surface area contributed by atoms with E-state index >= 15 is 0 Å². The van der Waals surface area contributed by atoms with Crippen LogP contribution in [0.4, 0.5) is 5.69 Å². The van der Waals surface area contributed by atoms with Crippen LogP contribution in [-0.4, -0.2) is 33.7 Å². The molecule has 0 bridgehead atoms. The molecule has 0 spiro atoms. The highest BCUT2D eigenvalue weighted by molar-refractivity contribution is 7.92. The summed E-state index contributed by atoms with van der Waals surface area (Å²) in [5.74, 6) is -0.204. The third-order valence-electron chi connectivity index (χ3n) is 4.06. The first-order valence-electron chi connectivity index (χ1n) is 8.16. The molecule has 0 saturated heterocycles. The van der Waals surface area contributed by atoms with E-state index in [1.54, 1.807) is 24.3 Å². The van der Waals surface area contributed by atoms with Gasteiger partial charge < -0.3 is 5.32 Å². The summed E-state index contributed by atoms with van der Waals surface area (Å²) in [6.07, 6.45) is 2.85. The van der Waals surface area contributed by atoms with Gasteiger partial charge in [-0.15, -0.1) is 0 Å². The molecule has 0 fully saturated rings. The lowest BCUT2D eigenvalue weighted by atomic mass is 10.1. The van der Waals surface area contributed by atoms with E-state index in [1.165, 1.54) is 12.6 Å². The van der Waals surface area contributed by atoms with E-state index in [1.807, 2.05) is 25.1 Å². The Hall–Kier alpha value is -2.34. The summed E-state index contributed by atoms with van der Waals surface area (Å²) in [7, 11) is -1.89. The lowest BCUT2D eigenvalue weighted by molar-refractivity contribution is 0.0938. The van der Waals surface area contributed by atoms with E-state index in [0.29, 0.717) is 11.3 Å². The molecule has 0 heterocycles. The smallest absolute Gasteiger partial charge is 0.251 e. The molecule has 2 rings (SSSR count). The Kier molecular flexibility index (Phi) is 6.20. The Bertz CT molecular complexity index is 820. The number of nitrogens with one attached hydrogen (secondary N) is 1. The van der Waals surface area contributed by atoms with E-state index in [0.717, 1.165) is 23.4 Å². The van der Waals surface area contributed by atoms with Crippen molar-refractivity contribution in [3.8, 4) is 0 Å². The van der Waals surface area contributed by atoms with Crippen LogP contribution in [-0.2, 0) is 16.4 Å². The van der Waals surface area contributed by atoms with Gasteiger partial charge in [0.25, 0.3) is 5.91 Å². The molecule has 1 N–H and O–H groups in total. The van der Waals surface area contributed by atoms with Crippen molar-refractivity contribution in [2.24, 2.45) is 0 Å². The van der Waals surface area contributed by atoms with Crippen molar-refractivity contribution in [2.45, 2.75) is 25.8 Å². The van der Waals surface area contributed by atoms with Crippen LogP contribution in [0.1, 0.15) is 29.3 Å². The Morgan fingerprint density at radius 1 is 1.12 bits per heavy atom. The zero-order valence-corrected chi connectivity index (χ0v) is 15.6. The van der Waals surface area contributed by atoms with Crippen LogP contribution in [0.5, 0.6) is 0 Å². The summed E-state index contributed by atoms with van der Waals surface area (Å²) in [5, 5.41) is 2.96. The van der Waals surface area contributed by atoms with Crippen molar-refractivity contribution < 1.29 is 13.2 Å². The number of hydrogen-bond donors (Lipinski definition) is 1. The zero-order chi connectivity index (χ0) is 18.4. The molecule has 0 aliphatic rings. The predicted molar refractivity (Wildman–Crippen MR) is 101 cm³/mol. The molecule has 1 atom stereocenters. The van der Waals surface area contributed by atoms with Crippen molar-refractivity contribution >= 4 is 21.6 Å². The Morgan fingerprint density at radius 3 is 2.44 bits per heavy atom. The van der Waals surface area contributed by atoms with E-state index in [-0.39, 0.29) is 11.9 Å². The van der Waals surface area contributed by atoms with Crippen LogP contribution >= 0.6 is 0 Å². The van der Waals surface area contributed by atoms with E-state index in [2.05, 4.69) is 17.4 Å². The summed E-state index contributed by atoms with van der Waals surface area (Å²) in [4.78, 5) is 12.4. The highest BCUT2D eigenvalue weighted by Crippen LogP contribution is 2.17. The number of anilines is 1. The molecule has 134 valence electrons. The van der Waals surface area contributed by atoms with Gasteiger partial charge in [0.2, 0.25) is 10.0 Å². The molecule has 25 heavy (non-hydrogen) atoms. The van der Waals surface area contributed by atoms with Crippen molar-refractivity contribution in [1.29, 1.82) is 0 Å². The summed E-state index contributed by atoms with van der Waals surface area (Å²) in [5.41, 5.74) is 2.15. The van der Waals surface area contributed by atoms with Crippen LogP contribution in [0, 0.1) is 0 Å². The second kappa shape index (κ2) is 8.16. The summed E-state index contributed by atoms with van der Waals surface area (Å²) in [6.45, 7) is 1.97. The van der Waals surface area contributed by atoms with Crippen molar-refractivity contribution in [3.63, 3.8) is 0 Å². The fraction of sp³-hybridized carbons (Fsp3) is 0.316. The number of amides is 1. The van der Waals surface area contributed by atoms with Gasteiger partial charge in [-0.05, 0) is 43.5 Å². The highest BCUT2D eigenvalue weighted by Gasteiger charge is 2.15. The second-order valence-electron chi connectivity index (χ2n) is 6.18. The average Bonchev–Trinajstić information content (AvgIpc) is 2.59. The second-order valence-corrected chi connectivity index (χ2v) is 8.19. The van der Waals surface area contributed by atoms with Gasteiger partial charge in [-0.2, -0.15) is 0 Å². The SMILES string of the molecule is C[C@@H](CCc1ccccc1)NC(=O)c1cccc(N(C)S(C)(=O)=O)c1. The van der Waals surface area contributed by atoms with Gasteiger partial charge in [0.05, 0.1) is 11.9 Å². The number of hydrogen-bond acceptors (Lipinski definition) is 3. The van der Waals surface area contributed by atoms with E-state index < -0.39 is 10.0 Å². The van der Waals surface area contributed by atoms with Crippen molar-refractivity contribution in [3.05, 3.63) is 65.7 Å². The zero-order valence-electron chi connectivity index (χ0n) is 14.8. The number of sulfonamides is 1. The molecule has 0 saturated carbocycles. The summed E-state index contributed by atoms with van der Waals surface area (Å²) >= 11 is 0. The number of rotatable bonds is 7. The molecular formula is C19H24N2O3S. The Labute approximate surface area is 149 Å². The number of carbonyl (C=O) groups is 1. The minimum Gasteiger partial charge on any atom is -0.350 e. The summed E-state index contributed by atoms with van der Waals surface area (Å²) < 4.78 is 24.4. The maximum atomic E-state index is 12.4. The number of benzene rings is 2. The van der Waals surface area contributed by atoms with E-state index in [9.17, 15) is 13.2 Å². The van der Waals surface area contributed by atoms with Crippen LogP contribution in [0.3, 0.4) is 0 Å². The molecule has 2 aromatic carbocycles. The first kappa shape index (κ1) is 19.0. The highest BCUT2D eigenvalue weighted by atomic mass is 32.2. The predicted octanol–water partition coefficient (Wildman–Crippen LogP) is 2.83. The van der Waals surface area contributed by atoms with Crippen molar-refractivity contribution in [2.75, 3.05) is 17.6 Å². The van der Waals surface area contributed by atoms with Gasteiger partial charge in [-0.1, -0.05) is 36.4 Å². The van der Waals surface area contributed by atoms with Gasteiger partial charge in [0.15, 0.2) is 0 Å². The van der Waals surface area contributed by atoms with Gasteiger partial charge in [-0.25, -0.2) is 8.42 Å². The van der Waals surface area contributed by atoms with Gasteiger partial charge in [-0.3, -0.25) is 9.10 Å². The largest absolute Gasteiger partial charge is 0.350 e. The number of aryl methyl sites for hydroxylation is 1. The third kappa shape index (κ3) is 5.60. The first-order valence-corrected chi connectivity index (χ1v) is 10.0. The van der Waals surface area contributed by atoms with Gasteiger partial charge in [0, 0.05) is 18.7 Å². The fourth-order valence-electron chi connectivity index (χ4n) is 2.44. The van der Waals surface area contributed by atoms with Crippen molar-refractivity contribution in [1.82, 2.24) is 5.32 Å². The third-order valence-corrected chi connectivity index (χ3v) is 5.26. The van der Waals surface area contributed by atoms with E-state index in [4.69, 9.17) is 0 Å². The average molecular weight is 360 g/mol. The van der Waals surface area contributed by atoms with Crippen LogP contribution in [0.15, 0.2) is 54.6 Å². The molecule has 5 nitrogen and oxygen atoms in total. The minimum atomic E-state index is -3.36. The fourth-order valence-corrected chi connectivity index (χ4v) is 2.94. The molecule has 2 aromatic rings. The minimum absolute atomic E-state index is 0.0176. The quantitative estimate of drug-likeness (QED) is 0.826. The molecule has 6 heteroatoms. The normalized spacial score (nSPS) is 12.4. The molecule has 0 unspecified atom stereocenters. The maximum absolute atomic E-state index is 12.4. The van der Waals surface area contributed by atoms with Crippen LogP contribution in [0.25, 0.3) is 0 Å². The topological polar surface area (TPSA) is 66.5 Å². The molecule has 0 aliphatic heterocycles. The molecule has 0 radical (unpaired) electrons. The Morgan fingerprint density at radius 2 is 1.80 bits per heavy atom. The van der Waals surface area contributed by atoms with Gasteiger partial charge >= 0.3 is 0 Å². The lowest BCUT2D eigenvalue weighted by Gasteiger charge is -2.18. The molecular weight excluding hydrogens is 336 g/mol. The molecule has 0 aliphatic carbocycles. The Balaban J connectivity index is 1.98.